The van der Waals surface area contributed by atoms with Crippen molar-refractivity contribution in [1.82, 2.24) is 0 Å². The molecule has 0 atom stereocenters. The van der Waals surface area contributed by atoms with E-state index in [2.05, 4.69) is 27.4 Å². The molecule has 6 heteroatoms. The zero-order valence-electron chi connectivity index (χ0n) is 10.6. The van der Waals surface area contributed by atoms with E-state index in [1.54, 1.807) is 6.92 Å². The van der Waals surface area contributed by atoms with Gasteiger partial charge in [-0.3, -0.25) is 0 Å². The highest BCUT2D eigenvalue weighted by Gasteiger charge is 2.23. The summed E-state index contributed by atoms with van der Waals surface area (Å²) in [5.74, 6) is -0.437. The highest BCUT2D eigenvalue weighted by atomic mass is 127. The number of halogens is 1. The topological polar surface area (TPSA) is 56.7 Å². The first kappa shape index (κ1) is 14.8. The average Bonchev–Trinajstić information content (AvgIpc) is 2.77. The highest BCUT2D eigenvalue weighted by molar-refractivity contribution is 14.1. The molecule has 102 valence electrons. The predicted octanol–water partition coefficient (Wildman–Crippen LogP) is 4.33. The van der Waals surface area contributed by atoms with Crippen LogP contribution in [0.25, 0.3) is 16.0 Å². The number of anilines is 1. The van der Waals surface area contributed by atoms with E-state index in [0.29, 0.717) is 21.1 Å². The van der Waals surface area contributed by atoms with Gasteiger partial charge in [0, 0.05) is 9.13 Å². The minimum atomic E-state index is -0.437. The van der Waals surface area contributed by atoms with Crippen molar-refractivity contribution in [2.75, 3.05) is 12.3 Å². The van der Waals surface area contributed by atoms with Crippen LogP contribution in [0.5, 0.6) is 0 Å². The predicted molar refractivity (Wildman–Crippen MR) is 89.1 cm³/mol. The first-order valence-corrected chi connectivity index (χ1v) is 7.70. The number of nitrogens with two attached hydrogens (primary N) is 1. The summed E-state index contributed by atoms with van der Waals surface area (Å²) in [5, 5.41) is 0.344. The number of nitrogen functional groups attached to an aromatic ring is 1. The third-order valence-corrected chi connectivity index (χ3v) is 4.32. The summed E-state index contributed by atoms with van der Waals surface area (Å²) in [7, 11) is 0. The van der Waals surface area contributed by atoms with E-state index in [-0.39, 0.29) is 6.61 Å². The molecular weight excluding hydrogens is 387 g/mol. The van der Waals surface area contributed by atoms with Crippen LogP contribution in [0.2, 0.25) is 0 Å². The number of benzene rings is 1. The quantitative estimate of drug-likeness (QED) is 0.476. The Kier molecular flexibility index (Phi) is 4.62. The Morgan fingerprint density at radius 2 is 2.10 bits per heavy atom. The Hall–Kier alpha value is -1.59. The fourth-order valence-corrected chi connectivity index (χ4v) is 3.06. The standard InChI is InChI=1S/C14H11IN2O2S/c1-3-19-14(18)12-10(11(17-2)13(16)20-12)8-4-6-9(15)7-5-8/h4-7H,3,16H2,1H3. The number of nitrogens with zero attached hydrogens (tertiary/aromatic N) is 1. The summed E-state index contributed by atoms with van der Waals surface area (Å²) in [5.41, 5.74) is 7.53. The minimum Gasteiger partial charge on any atom is -0.462 e. The number of ether oxygens (including phenoxy) is 1. The zero-order chi connectivity index (χ0) is 14.7. The summed E-state index contributed by atoms with van der Waals surface area (Å²) in [6.07, 6.45) is 0. The maximum atomic E-state index is 12.0. The Morgan fingerprint density at radius 3 is 2.65 bits per heavy atom. The van der Waals surface area contributed by atoms with Crippen LogP contribution in [0, 0.1) is 10.1 Å². The molecule has 0 saturated heterocycles. The lowest BCUT2D eigenvalue weighted by atomic mass is 10.0. The van der Waals surface area contributed by atoms with Gasteiger partial charge in [0.1, 0.15) is 4.88 Å². The zero-order valence-corrected chi connectivity index (χ0v) is 13.6. The van der Waals surface area contributed by atoms with Crippen LogP contribution < -0.4 is 5.73 Å². The summed E-state index contributed by atoms with van der Waals surface area (Å²) >= 11 is 3.30. The molecule has 0 aliphatic carbocycles. The number of hydrogen-bond acceptors (Lipinski definition) is 4. The number of hydrogen-bond donors (Lipinski definition) is 1. The maximum Gasteiger partial charge on any atom is 0.347 e. The molecule has 4 nitrogen and oxygen atoms in total. The number of carbonyl (C=O) groups is 1. The van der Waals surface area contributed by atoms with Gasteiger partial charge >= 0.3 is 5.97 Å². The molecule has 0 saturated carbocycles. The smallest absolute Gasteiger partial charge is 0.347 e. The molecule has 0 aliphatic rings. The van der Waals surface area contributed by atoms with Gasteiger partial charge in [0.05, 0.1) is 18.2 Å². The Balaban J connectivity index is 2.63. The van der Waals surface area contributed by atoms with E-state index in [9.17, 15) is 4.79 Å². The Labute approximate surface area is 134 Å². The molecule has 0 aliphatic heterocycles. The molecule has 0 unspecified atom stereocenters. The van der Waals surface area contributed by atoms with Gasteiger partial charge in [-0.15, -0.1) is 11.3 Å². The van der Waals surface area contributed by atoms with Gasteiger partial charge in [-0.05, 0) is 47.2 Å². The minimum absolute atomic E-state index is 0.288. The van der Waals surface area contributed by atoms with Crippen LogP contribution in [-0.2, 0) is 4.74 Å². The molecule has 0 amide bonds. The molecule has 0 bridgehead atoms. The van der Waals surface area contributed by atoms with E-state index in [4.69, 9.17) is 17.0 Å². The number of rotatable bonds is 3. The SMILES string of the molecule is [C-]#[N+]c1c(N)sc(C(=O)OCC)c1-c1ccc(I)cc1. The first-order chi connectivity index (χ1) is 9.58. The van der Waals surface area contributed by atoms with E-state index >= 15 is 0 Å². The molecule has 20 heavy (non-hydrogen) atoms. The van der Waals surface area contributed by atoms with Gasteiger partial charge in [0.25, 0.3) is 0 Å². The monoisotopic (exact) mass is 398 g/mol. The largest absolute Gasteiger partial charge is 0.462 e. The second kappa shape index (κ2) is 6.24. The fraction of sp³-hybridized carbons (Fsp3) is 0.143. The molecule has 2 N–H and O–H groups in total. The van der Waals surface area contributed by atoms with E-state index < -0.39 is 5.97 Å². The van der Waals surface area contributed by atoms with Crippen LogP contribution in [0.3, 0.4) is 0 Å². The third-order valence-electron chi connectivity index (χ3n) is 2.61. The second-order valence-corrected chi connectivity index (χ2v) is 6.16. The average molecular weight is 398 g/mol. The molecule has 0 spiro atoms. The molecule has 1 aromatic heterocycles. The van der Waals surface area contributed by atoms with E-state index in [1.807, 2.05) is 24.3 Å². The van der Waals surface area contributed by atoms with Crippen molar-refractivity contribution < 1.29 is 9.53 Å². The maximum absolute atomic E-state index is 12.0. The van der Waals surface area contributed by atoms with Crippen molar-refractivity contribution in [3.63, 3.8) is 0 Å². The van der Waals surface area contributed by atoms with Gasteiger partial charge in [-0.1, -0.05) is 12.1 Å². The van der Waals surface area contributed by atoms with Crippen molar-refractivity contribution in [1.29, 1.82) is 0 Å². The van der Waals surface area contributed by atoms with Crippen LogP contribution in [0.1, 0.15) is 16.6 Å². The lowest BCUT2D eigenvalue weighted by molar-refractivity contribution is 0.0533. The van der Waals surface area contributed by atoms with Gasteiger partial charge in [-0.2, -0.15) is 0 Å². The third kappa shape index (κ3) is 2.78. The van der Waals surface area contributed by atoms with Crippen molar-refractivity contribution in [2.24, 2.45) is 0 Å². The van der Waals surface area contributed by atoms with Crippen LogP contribution in [0.4, 0.5) is 10.7 Å². The number of carbonyl (C=O) groups excluding carboxylic acids is 1. The van der Waals surface area contributed by atoms with Gasteiger partial charge in [0.2, 0.25) is 5.69 Å². The van der Waals surface area contributed by atoms with Crippen LogP contribution >= 0.6 is 33.9 Å². The first-order valence-electron chi connectivity index (χ1n) is 5.81. The van der Waals surface area contributed by atoms with Gasteiger partial charge in [-0.25, -0.2) is 9.64 Å². The molecule has 0 radical (unpaired) electrons. The van der Waals surface area contributed by atoms with Crippen molar-refractivity contribution in [3.8, 4) is 11.1 Å². The van der Waals surface area contributed by atoms with Crippen molar-refractivity contribution >= 4 is 50.6 Å². The fourth-order valence-electron chi connectivity index (χ4n) is 1.78. The summed E-state index contributed by atoms with van der Waals surface area (Å²) in [6, 6.07) is 7.60. The Bertz CT molecular complexity index is 686. The number of thiophene rings is 1. The molecule has 0 fully saturated rings. The van der Waals surface area contributed by atoms with Gasteiger partial charge < -0.3 is 10.5 Å². The lowest BCUT2D eigenvalue weighted by Gasteiger charge is -2.05. The lowest BCUT2D eigenvalue weighted by Crippen LogP contribution is -2.03. The normalized spacial score (nSPS) is 10.1. The highest BCUT2D eigenvalue weighted by Crippen LogP contribution is 2.45. The molecule has 1 aromatic carbocycles. The molecule has 2 rings (SSSR count). The van der Waals surface area contributed by atoms with E-state index in [1.165, 1.54) is 0 Å². The molecule has 1 heterocycles. The van der Waals surface area contributed by atoms with Crippen molar-refractivity contribution in [2.45, 2.75) is 6.92 Å². The van der Waals surface area contributed by atoms with Crippen LogP contribution in [-0.4, -0.2) is 12.6 Å². The van der Waals surface area contributed by atoms with Crippen molar-refractivity contribution in [3.05, 3.63) is 44.1 Å². The summed E-state index contributed by atoms with van der Waals surface area (Å²) in [6.45, 7) is 9.30. The molecule has 2 aromatic rings. The Morgan fingerprint density at radius 1 is 1.45 bits per heavy atom. The van der Waals surface area contributed by atoms with Crippen LogP contribution in [0.15, 0.2) is 24.3 Å². The van der Waals surface area contributed by atoms with E-state index in [0.717, 1.165) is 20.5 Å². The molecular formula is C14H11IN2O2S. The summed E-state index contributed by atoms with van der Waals surface area (Å²) in [4.78, 5) is 15.9. The summed E-state index contributed by atoms with van der Waals surface area (Å²) < 4.78 is 6.12. The number of esters is 1. The van der Waals surface area contributed by atoms with Gasteiger partial charge in [0.15, 0.2) is 0 Å². The second-order valence-electron chi connectivity index (χ2n) is 3.86.